The summed E-state index contributed by atoms with van der Waals surface area (Å²) in [6.07, 6.45) is 1.43. The summed E-state index contributed by atoms with van der Waals surface area (Å²) in [4.78, 5) is 18.7. The van der Waals surface area contributed by atoms with Crippen LogP contribution in [0.15, 0.2) is 6.20 Å². The van der Waals surface area contributed by atoms with Crippen LogP contribution in [0.3, 0.4) is 0 Å². The van der Waals surface area contributed by atoms with Gasteiger partial charge in [-0.1, -0.05) is 11.6 Å². The Balaban J connectivity index is 2.60. The summed E-state index contributed by atoms with van der Waals surface area (Å²) in [5, 5.41) is 2.84. The molecule has 0 aliphatic carbocycles. The standard InChI is InChI=1S/C6H4ClN3O/c7-4-2-8-3-1-9-6(11)5(3)10-4/h2H,1H2,(H,9,11). The number of carbonyl (C=O) groups is 1. The van der Waals surface area contributed by atoms with Crippen molar-refractivity contribution < 1.29 is 4.79 Å². The Labute approximate surface area is 67.6 Å². The highest BCUT2D eigenvalue weighted by molar-refractivity contribution is 6.29. The highest BCUT2D eigenvalue weighted by Gasteiger charge is 2.21. The van der Waals surface area contributed by atoms with E-state index in [4.69, 9.17) is 11.6 Å². The van der Waals surface area contributed by atoms with Gasteiger partial charge >= 0.3 is 0 Å². The summed E-state index contributed by atoms with van der Waals surface area (Å²) in [5.41, 5.74) is 1.01. The Morgan fingerprint density at radius 3 is 3.27 bits per heavy atom. The fourth-order valence-corrected chi connectivity index (χ4v) is 1.08. The van der Waals surface area contributed by atoms with Gasteiger partial charge in [0, 0.05) is 0 Å². The molecule has 5 heteroatoms. The smallest absolute Gasteiger partial charge is 0.272 e. The molecule has 0 saturated heterocycles. The van der Waals surface area contributed by atoms with Crippen LogP contribution in [-0.4, -0.2) is 15.9 Å². The van der Waals surface area contributed by atoms with E-state index in [2.05, 4.69) is 15.3 Å². The molecule has 0 aromatic carbocycles. The van der Waals surface area contributed by atoms with Crippen LogP contribution >= 0.6 is 11.6 Å². The van der Waals surface area contributed by atoms with E-state index in [0.29, 0.717) is 17.9 Å². The van der Waals surface area contributed by atoms with E-state index in [9.17, 15) is 4.79 Å². The van der Waals surface area contributed by atoms with Crippen molar-refractivity contribution in [3.63, 3.8) is 0 Å². The highest BCUT2D eigenvalue weighted by atomic mass is 35.5. The van der Waals surface area contributed by atoms with E-state index in [1.807, 2.05) is 0 Å². The predicted octanol–water partition coefficient (Wildman–Crippen LogP) is 0.373. The number of carbonyl (C=O) groups excluding carboxylic acids is 1. The second-order valence-electron chi connectivity index (χ2n) is 2.17. The Morgan fingerprint density at radius 2 is 2.45 bits per heavy atom. The summed E-state index contributed by atoms with van der Waals surface area (Å²) in [5.74, 6) is -0.199. The van der Waals surface area contributed by atoms with Gasteiger partial charge in [0.05, 0.1) is 18.4 Å². The molecule has 0 spiro atoms. The van der Waals surface area contributed by atoms with Crippen molar-refractivity contribution in [3.05, 3.63) is 22.7 Å². The minimum atomic E-state index is -0.199. The van der Waals surface area contributed by atoms with Crippen LogP contribution in [0, 0.1) is 0 Å². The third kappa shape index (κ3) is 0.952. The van der Waals surface area contributed by atoms with E-state index in [0.717, 1.165) is 0 Å². The molecule has 11 heavy (non-hydrogen) atoms. The number of hydrogen-bond donors (Lipinski definition) is 1. The highest BCUT2D eigenvalue weighted by Crippen LogP contribution is 2.12. The average molecular weight is 170 g/mol. The molecule has 0 bridgehead atoms. The molecule has 1 aromatic rings. The molecule has 2 heterocycles. The first-order chi connectivity index (χ1) is 5.27. The maximum Gasteiger partial charge on any atom is 0.272 e. The molecule has 56 valence electrons. The van der Waals surface area contributed by atoms with E-state index < -0.39 is 0 Å². The number of halogens is 1. The zero-order valence-electron chi connectivity index (χ0n) is 5.47. The summed E-state index contributed by atoms with van der Waals surface area (Å²) in [6.45, 7) is 0.457. The van der Waals surface area contributed by atoms with Gasteiger partial charge in [-0.2, -0.15) is 0 Å². The van der Waals surface area contributed by atoms with Gasteiger partial charge in [-0.3, -0.25) is 9.78 Å². The molecule has 1 aliphatic rings. The Bertz CT molecular complexity index is 326. The van der Waals surface area contributed by atoms with Crippen LogP contribution in [0.25, 0.3) is 0 Å². The lowest BCUT2D eigenvalue weighted by Crippen LogP contribution is -2.13. The summed E-state index contributed by atoms with van der Waals surface area (Å²) < 4.78 is 0. The van der Waals surface area contributed by atoms with Gasteiger partial charge in [0.25, 0.3) is 5.91 Å². The first-order valence-corrected chi connectivity index (χ1v) is 3.45. The van der Waals surface area contributed by atoms with Crippen LogP contribution in [0.4, 0.5) is 0 Å². The number of rotatable bonds is 0. The molecule has 4 nitrogen and oxygen atoms in total. The van der Waals surface area contributed by atoms with E-state index >= 15 is 0 Å². The minimum absolute atomic E-state index is 0.199. The van der Waals surface area contributed by atoms with Crippen molar-refractivity contribution in [1.29, 1.82) is 0 Å². The monoisotopic (exact) mass is 169 g/mol. The summed E-state index contributed by atoms with van der Waals surface area (Å²) in [7, 11) is 0. The number of nitrogens with one attached hydrogen (secondary N) is 1. The molecular formula is C6H4ClN3O. The molecule has 1 aromatic heterocycles. The number of nitrogens with zero attached hydrogens (tertiary/aromatic N) is 2. The lowest BCUT2D eigenvalue weighted by Gasteiger charge is -1.92. The number of hydrogen-bond acceptors (Lipinski definition) is 3. The Hall–Kier alpha value is -1.16. The van der Waals surface area contributed by atoms with Crippen LogP contribution in [-0.2, 0) is 6.54 Å². The van der Waals surface area contributed by atoms with Gasteiger partial charge < -0.3 is 5.32 Å². The van der Waals surface area contributed by atoms with E-state index in [1.54, 1.807) is 0 Å². The molecule has 0 fully saturated rings. The first kappa shape index (κ1) is 6.54. The fourth-order valence-electron chi connectivity index (χ4n) is 0.951. The SMILES string of the molecule is O=C1NCc2ncc(Cl)nc21. The second kappa shape index (κ2) is 2.17. The molecule has 0 saturated carbocycles. The van der Waals surface area contributed by atoms with Crippen molar-refractivity contribution in [3.8, 4) is 0 Å². The van der Waals surface area contributed by atoms with Crippen molar-refractivity contribution in [2.24, 2.45) is 0 Å². The summed E-state index contributed by atoms with van der Waals surface area (Å²) >= 11 is 5.54. The largest absolute Gasteiger partial charge is 0.345 e. The first-order valence-electron chi connectivity index (χ1n) is 3.07. The van der Waals surface area contributed by atoms with Gasteiger partial charge in [-0.15, -0.1) is 0 Å². The van der Waals surface area contributed by atoms with Crippen molar-refractivity contribution in [2.45, 2.75) is 6.54 Å². The van der Waals surface area contributed by atoms with Crippen LogP contribution < -0.4 is 5.32 Å². The molecule has 0 atom stereocenters. The Morgan fingerprint density at radius 1 is 1.64 bits per heavy atom. The topological polar surface area (TPSA) is 54.9 Å². The van der Waals surface area contributed by atoms with Gasteiger partial charge in [-0.25, -0.2) is 4.98 Å². The lowest BCUT2D eigenvalue weighted by atomic mass is 10.3. The fraction of sp³-hybridized carbons (Fsp3) is 0.167. The second-order valence-corrected chi connectivity index (χ2v) is 2.56. The molecule has 1 aliphatic heterocycles. The third-order valence-corrected chi connectivity index (χ3v) is 1.63. The molecule has 1 N–H and O–H groups in total. The lowest BCUT2D eigenvalue weighted by molar-refractivity contribution is 0.0961. The van der Waals surface area contributed by atoms with Crippen molar-refractivity contribution in [1.82, 2.24) is 15.3 Å². The van der Waals surface area contributed by atoms with Gasteiger partial charge in [0.15, 0.2) is 5.69 Å². The quantitative estimate of drug-likeness (QED) is 0.611. The Kier molecular flexibility index (Phi) is 1.29. The van der Waals surface area contributed by atoms with Gasteiger partial charge in [0.2, 0.25) is 0 Å². The molecule has 2 rings (SSSR count). The normalized spacial score (nSPS) is 14.5. The average Bonchev–Trinajstić information content (AvgIpc) is 2.33. The zero-order chi connectivity index (χ0) is 7.84. The van der Waals surface area contributed by atoms with Crippen molar-refractivity contribution in [2.75, 3.05) is 0 Å². The van der Waals surface area contributed by atoms with Crippen LogP contribution in [0.2, 0.25) is 5.15 Å². The number of fused-ring (bicyclic) bond motifs is 1. The minimum Gasteiger partial charge on any atom is -0.345 e. The van der Waals surface area contributed by atoms with Gasteiger partial charge in [-0.05, 0) is 0 Å². The van der Waals surface area contributed by atoms with Crippen molar-refractivity contribution >= 4 is 17.5 Å². The number of aromatic nitrogens is 2. The van der Waals surface area contributed by atoms with Gasteiger partial charge in [0.1, 0.15) is 5.15 Å². The van der Waals surface area contributed by atoms with E-state index in [-0.39, 0.29) is 11.1 Å². The predicted molar refractivity (Wildman–Crippen MR) is 38.2 cm³/mol. The molecule has 1 amide bonds. The zero-order valence-corrected chi connectivity index (χ0v) is 6.22. The molecule has 0 unspecified atom stereocenters. The van der Waals surface area contributed by atoms with Crippen LogP contribution in [0.5, 0.6) is 0 Å². The number of amides is 1. The molecular weight excluding hydrogens is 166 g/mol. The third-order valence-electron chi connectivity index (χ3n) is 1.45. The van der Waals surface area contributed by atoms with E-state index in [1.165, 1.54) is 6.20 Å². The molecule has 0 radical (unpaired) electrons. The maximum absolute atomic E-state index is 10.9. The van der Waals surface area contributed by atoms with Crippen LogP contribution in [0.1, 0.15) is 16.2 Å². The maximum atomic E-state index is 10.9. The summed E-state index contributed by atoms with van der Waals surface area (Å²) in [6, 6.07) is 0.